The van der Waals surface area contributed by atoms with Crippen molar-refractivity contribution in [1.82, 2.24) is 0 Å². The number of hydrogen-bond acceptors (Lipinski definition) is 1. The summed E-state index contributed by atoms with van der Waals surface area (Å²) in [5.74, 6) is 2.83. The minimum atomic E-state index is 0.783. The van der Waals surface area contributed by atoms with Gasteiger partial charge in [-0.3, -0.25) is 0 Å². The van der Waals surface area contributed by atoms with E-state index in [4.69, 9.17) is 4.74 Å². The van der Waals surface area contributed by atoms with E-state index in [2.05, 4.69) is 38.1 Å². The van der Waals surface area contributed by atoms with Crippen LogP contribution in [-0.2, 0) is 0 Å². The van der Waals surface area contributed by atoms with Crippen LogP contribution >= 0.6 is 0 Å². The average Bonchev–Trinajstić information content (AvgIpc) is 2.66. The summed E-state index contributed by atoms with van der Waals surface area (Å²) in [6.45, 7) is 5.43. The fourth-order valence-corrected chi connectivity index (χ4v) is 4.20. The summed E-state index contributed by atoms with van der Waals surface area (Å²) < 4.78 is 5.90. The van der Waals surface area contributed by atoms with Gasteiger partial charge >= 0.3 is 0 Å². The molecular weight excluding hydrogens is 304 g/mol. The summed E-state index contributed by atoms with van der Waals surface area (Å²) in [6, 6.07) is 9.01. The molecule has 0 aliphatic heterocycles. The van der Waals surface area contributed by atoms with Gasteiger partial charge in [-0.2, -0.15) is 0 Å². The Morgan fingerprint density at radius 2 is 1.40 bits per heavy atom. The van der Waals surface area contributed by atoms with E-state index in [1.54, 1.807) is 0 Å². The smallest absolute Gasteiger partial charge is 0.119 e. The molecule has 0 N–H and O–H groups in total. The first kappa shape index (κ1) is 20.3. The highest BCUT2D eigenvalue weighted by molar-refractivity contribution is 5.29. The predicted octanol–water partition coefficient (Wildman–Crippen LogP) is 7.89. The molecule has 1 aromatic carbocycles. The van der Waals surface area contributed by atoms with Crippen molar-refractivity contribution in [2.75, 3.05) is 6.61 Å². The highest BCUT2D eigenvalue weighted by atomic mass is 16.5. The van der Waals surface area contributed by atoms with Gasteiger partial charge in [0.05, 0.1) is 6.61 Å². The van der Waals surface area contributed by atoms with Gasteiger partial charge in [-0.05, 0) is 61.6 Å². The Bertz CT molecular complexity index is 428. The molecule has 1 aromatic rings. The number of rotatable bonds is 12. The minimum absolute atomic E-state index is 0.783. The van der Waals surface area contributed by atoms with Crippen molar-refractivity contribution in [3.05, 3.63) is 29.8 Å². The van der Waals surface area contributed by atoms with Crippen LogP contribution in [0.15, 0.2) is 24.3 Å². The van der Waals surface area contributed by atoms with Crippen LogP contribution < -0.4 is 4.74 Å². The SMILES string of the molecule is CCCCCCCOc1ccc(C2CCC(CCCCC)CC2)cc1. The molecule has 1 aliphatic carbocycles. The normalized spacial score (nSPS) is 20.6. The van der Waals surface area contributed by atoms with Crippen molar-refractivity contribution in [2.45, 2.75) is 103 Å². The Balaban J connectivity index is 1.65. The predicted molar refractivity (Wildman–Crippen MR) is 110 cm³/mol. The van der Waals surface area contributed by atoms with Crippen LogP contribution in [0.2, 0.25) is 0 Å². The van der Waals surface area contributed by atoms with E-state index in [0.29, 0.717) is 0 Å². The van der Waals surface area contributed by atoms with Gasteiger partial charge in [0.15, 0.2) is 0 Å². The first-order valence-electron chi connectivity index (χ1n) is 11.1. The number of hydrogen-bond donors (Lipinski definition) is 0. The molecule has 142 valence electrons. The van der Waals surface area contributed by atoms with Crippen LogP contribution in [0.25, 0.3) is 0 Å². The van der Waals surface area contributed by atoms with Crippen molar-refractivity contribution in [1.29, 1.82) is 0 Å². The van der Waals surface area contributed by atoms with Crippen LogP contribution in [-0.4, -0.2) is 6.61 Å². The molecular formula is C24H40O. The second kappa shape index (κ2) is 12.4. The number of ether oxygens (including phenoxy) is 1. The molecule has 0 saturated heterocycles. The molecule has 0 atom stereocenters. The van der Waals surface area contributed by atoms with Crippen LogP contribution in [0.5, 0.6) is 5.75 Å². The summed E-state index contributed by atoms with van der Waals surface area (Å²) in [5, 5.41) is 0. The molecule has 1 fully saturated rings. The van der Waals surface area contributed by atoms with Gasteiger partial charge in [-0.15, -0.1) is 0 Å². The quantitative estimate of drug-likeness (QED) is 0.350. The van der Waals surface area contributed by atoms with E-state index >= 15 is 0 Å². The molecule has 1 saturated carbocycles. The van der Waals surface area contributed by atoms with Gasteiger partial charge in [0.25, 0.3) is 0 Å². The van der Waals surface area contributed by atoms with E-state index in [-0.39, 0.29) is 0 Å². The van der Waals surface area contributed by atoms with Gasteiger partial charge in [0, 0.05) is 0 Å². The van der Waals surface area contributed by atoms with Gasteiger partial charge in [0.2, 0.25) is 0 Å². The fraction of sp³-hybridized carbons (Fsp3) is 0.750. The lowest BCUT2D eigenvalue weighted by atomic mass is 9.77. The van der Waals surface area contributed by atoms with Gasteiger partial charge in [-0.1, -0.05) is 77.3 Å². The summed E-state index contributed by atoms with van der Waals surface area (Å²) in [4.78, 5) is 0. The zero-order valence-electron chi connectivity index (χ0n) is 16.8. The molecule has 0 amide bonds. The van der Waals surface area contributed by atoms with Crippen molar-refractivity contribution in [3.8, 4) is 5.75 Å². The molecule has 0 unspecified atom stereocenters. The second-order valence-corrected chi connectivity index (χ2v) is 8.05. The third-order valence-electron chi connectivity index (χ3n) is 5.93. The topological polar surface area (TPSA) is 9.23 Å². The Morgan fingerprint density at radius 1 is 0.760 bits per heavy atom. The highest BCUT2D eigenvalue weighted by Gasteiger charge is 2.21. The molecule has 1 nitrogen and oxygen atoms in total. The monoisotopic (exact) mass is 344 g/mol. The van der Waals surface area contributed by atoms with Gasteiger partial charge in [-0.25, -0.2) is 0 Å². The largest absolute Gasteiger partial charge is 0.494 e. The summed E-state index contributed by atoms with van der Waals surface area (Å²) in [7, 11) is 0. The van der Waals surface area contributed by atoms with Crippen molar-refractivity contribution in [3.63, 3.8) is 0 Å². The fourth-order valence-electron chi connectivity index (χ4n) is 4.20. The lowest BCUT2D eigenvalue weighted by Gasteiger charge is -2.29. The van der Waals surface area contributed by atoms with Gasteiger partial charge < -0.3 is 4.74 Å². The highest BCUT2D eigenvalue weighted by Crippen LogP contribution is 2.38. The standard InChI is InChI=1S/C24H40O/c1-3-5-7-8-10-20-25-24-18-16-23(17-19-24)22-14-12-21(13-15-22)11-9-6-4-2/h16-19,21-22H,3-15,20H2,1-2H3. The zero-order valence-corrected chi connectivity index (χ0v) is 16.8. The Morgan fingerprint density at radius 3 is 2.08 bits per heavy atom. The van der Waals surface area contributed by atoms with E-state index in [1.807, 2.05) is 0 Å². The molecule has 0 aromatic heterocycles. The lowest BCUT2D eigenvalue weighted by Crippen LogP contribution is -2.13. The minimum Gasteiger partial charge on any atom is -0.494 e. The van der Waals surface area contributed by atoms with Crippen molar-refractivity contribution in [2.24, 2.45) is 5.92 Å². The summed E-state index contributed by atoms with van der Waals surface area (Å²) in [5.41, 5.74) is 1.53. The second-order valence-electron chi connectivity index (χ2n) is 8.05. The van der Waals surface area contributed by atoms with E-state index < -0.39 is 0 Å². The Labute approximate surface area is 156 Å². The lowest BCUT2D eigenvalue weighted by molar-refractivity contribution is 0.299. The average molecular weight is 345 g/mol. The molecule has 1 heteroatoms. The van der Waals surface area contributed by atoms with Crippen molar-refractivity contribution < 1.29 is 4.74 Å². The van der Waals surface area contributed by atoms with Crippen LogP contribution in [0, 0.1) is 5.92 Å². The van der Waals surface area contributed by atoms with Gasteiger partial charge in [0.1, 0.15) is 5.75 Å². The van der Waals surface area contributed by atoms with Crippen LogP contribution in [0.3, 0.4) is 0 Å². The maximum atomic E-state index is 5.90. The molecule has 2 rings (SSSR count). The number of unbranched alkanes of at least 4 members (excludes halogenated alkanes) is 6. The van der Waals surface area contributed by atoms with Crippen LogP contribution in [0.1, 0.15) is 109 Å². The third-order valence-corrected chi connectivity index (χ3v) is 5.93. The molecule has 0 bridgehead atoms. The maximum Gasteiger partial charge on any atom is 0.119 e. The molecule has 0 heterocycles. The Hall–Kier alpha value is -0.980. The summed E-state index contributed by atoms with van der Waals surface area (Å²) in [6.07, 6.45) is 17.8. The van der Waals surface area contributed by atoms with E-state index in [9.17, 15) is 0 Å². The molecule has 25 heavy (non-hydrogen) atoms. The van der Waals surface area contributed by atoms with Crippen molar-refractivity contribution >= 4 is 0 Å². The first-order valence-corrected chi connectivity index (χ1v) is 11.1. The van der Waals surface area contributed by atoms with Crippen LogP contribution in [0.4, 0.5) is 0 Å². The summed E-state index contributed by atoms with van der Waals surface area (Å²) >= 11 is 0. The molecule has 0 radical (unpaired) electrons. The first-order chi connectivity index (χ1) is 12.3. The third kappa shape index (κ3) is 7.84. The van der Waals surface area contributed by atoms with E-state index in [0.717, 1.165) is 24.2 Å². The zero-order chi connectivity index (χ0) is 17.7. The number of benzene rings is 1. The maximum absolute atomic E-state index is 5.90. The van der Waals surface area contributed by atoms with E-state index in [1.165, 1.54) is 89.0 Å². The Kier molecular flexibility index (Phi) is 10.1. The molecule has 1 aliphatic rings. The molecule has 0 spiro atoms.